The van der Waals surface area contributed by atoms with E-state index in [9.17, 15) is 17.6 Å². The van der Waals surface area contributed by atoms with Gasteiger partial charge in [0, 0.05) is 12.7 Å². The van der Waals surface area contributed by atoms with Gasteiger partial charge in [0.1, 0.15) is 16.4 Å². The number of nitrogens with zero attached hydrogens (tertiary/aromatic N) is 1. The van der Waals surface area contributed by atoms with Gasteiger partial charge in [-0.25, -0.2) is 12.8 Å². The maximum atomic E-state index is 13.6. The molecule has 6 nitrogen and oxygen atoms in total. The van der Waals surface area contributed by atoms with Crippen molar-refractivity contribution in [2.75, 3.05) is 11.4 Å². The molecule has 0 saturated heterocycles. The number of hydrogen-bond donors (Lipinski definition) is 1. The van der Waals surface area contributed by atoms with Crippen LogP contribution in [-0.4, -0.2) is 21.3 Å². The van der Waals surface area contributed by atoms with Crippen LogP contribution >= 0.6 is 11.3 Å². The minimum Gasteiger partial charge on any atom is -0.497 e. The predicted molar refractivity (Wildman–Crippen MR) is 118 cm³/mol. The molecule has 4 rings (SSSR count). The Morgan fingerprint density at radius 3 is 2.68 bits per heavy atom. The fraction of sp³-hybridized carbons (Fsp3) is 0.136. The Labute approximate surface area is 183 Å². The molecule has 0 unspecified atom stereocenters. The number of carbonyl (C=O) groups excluding carboxylic acids is 1. The molecule has 0 radical (unpaired) electrons. The van der Waals surface area contributed by atoms with E-state index in [2.05, 4.69) is 5.32 Å². The summed E-state index contributed by atoms with van der Waals surface area (Å²) in [7, 11) is -2.57. The zero-order valence-electron chi connectivity index (χ0n) is 16.5. The largest absolute Gasteiger partial charge is 0.497 e. The fourth-order valence-corrected chi connectivity index (χ4v) is 5.81. The standard InChI is InChI=1S/C22H19FN2O4S2/c1-29-18-7-3-4-15(11-18)12-24-13-20-21(26)22-19(8-9-30-22)25(31(20,27)28)14-16-5-2-6-17(23)10-16/h2-11,13,24H,12,14H2,1H3/b20-13-. The molecule has 0 spiro atoms. The summed E-state index contributed by atoms with van der Waals surface area (Å²) in [4.78, 5) is 12.9. The van der Waals surface area contributed by atoms with E-state index in [1.54, 1.807) is 30.7 Å². The van der Waals surface area contributed by atoms with Gasteiger partial charge in [-0.2, -0.15) is 0 Å². The molecule has 160 valence electrons. The van der Waals surface area contributed by atoms with Crippen molar-refractivity contribution in [3.8, 4) is 5.75 Å². The maximum Gasteiger partial charge on any atom is 0.270 e. The average Bonchev–Trinajstić information content (AvgIpc) is 3.23. The normalized spacial score (nSPS) is 16.3. The number of thiophene rings is 1. The fourth-order valence-electron chi connectivity index (χ4n) is 3.30. The number of rotatable bonds is 6. The highest BCUT2D eigenvalue weighted by Gasteiger charge is 2.41. The maximum absolute atomic E-state index is 13.6. The molecule has 0 amide bonds. The van der Waals surface area contributed by atoms with E-state index in [1.807, 2.05) is 18.2 Å². The Hall–Kier alpha value is -3.17. The number of nitrogens with one attached hydrogen (secondary N) is 1. The lowest BCUT2D eigenvalue weighted by atomic mass is 10.2. The first kappa shape index (κ1) is 21.1. The molecule has 3 aromatic rings. The van der Waals surface area contributed by atoms with Crippen LogP contribution in [0.1, 0.15) is 20.8 Å². The van der Waals surface area contributed by atoms with E-state index in [0.717, 1.165) is 9.87 Å². The number of ether oxygens (including phenoxy) is 1. The van der Waals surface area contributed by atoms with Gasteiger partial charge in [-0.15, -0.1) is 11.3 Å². The van der Waals surface area contributed by atoms with Crippen molar-refractivity contribution < 1.29 is 22.3 Å². The van der Waals surface area contributed by atoms with Gasteiger partial charge in [-0.05, 0) is 46.8 Å². The van der Waals surface area contributed by atoms with E-state index in [0.29, 0.717) is 28.4 Å². The van der Waals surface area contributed by atoms with Gasteiger partial charge in [0.25, 0.3) is 10.0 Å². The summed E-state index contributed by atoms with van der Waals surface area (Å²) >= 11 is 1.18. The highest BCUT2D eigenvalue weighted by molar-refractivity contribution is 7.97. The van der Waals surface area contributed by atoms with E-state index in [-0.39, 0.29) is 11.4 Å². The summed E-state index contributed by atoms with van der Waals surface area (Å²) in [6.07, 6.45) is 1.23. The van der Waals surface area contributed by atoms with Crippen LogP contribution < -0.4 is 14.4 Å². The zero-order valence-corrected chi connectivity index (χ0v) is 18.2. The minimum atomic E-state index is -4.13. The molecule has 0 saturated carbocycles. The van der Waals surface area contributed by atoms with Gasteiger partial charge in [0.2, 0.25) is 5.78 Å². The molecule has 31 heavy (non-hydrogen) atoms. The number of benzene rings is 2. The first-order valence-corrected chi connectivity index (χ1v) is 11.7. The molecule has 1 aliphatic heterocycles. The molecule has 0 aliphatic carbocycles. The number of allylic oxidation sites excluding steroid dienone is 1. The highest BCUT2D eigenvalue weighted by Crippen LogP contribution is 2.39. The van der Waals surface area contributed by atoms with Crippen molar-refractivity contribution in [3.63, 3.8) is 0 Å². The van der Waals surface area contributed by atoms with Crippen molar-refractivity contribution in [2.45, 2.75) is 13.1 Å². The second-order valence-corrected chi connectivity index (χ2v) is 9.59. The number of fused-ring (bicyclic) bond motifs is 1. The minimum absolute atomic E-state index is 0.0790. The molecule has 1 N–H and O–H groups in total. The Bertz CT molecular complexity index is 1270. The first-order chi connectivity index (χ1) is 14.9. The van der Waals surface area contributed by atoms with Crippen molar-refractivity contribution in [1.82, 2.24) is 5.32 Å². The molecule has 1 aromatic heterocycles. The van der Waals surface area contributed by atoms with Crippen LogP contribution in [0.3, 0.4) is 0 Å². The first-order valence-electron chi connectivity index (χ1n) is 9.36. The van der Waals surface area contributed by atoms with Crippen LogP contribution in [0.25, 0.3) is 0 Å². The number of sulfonamides is 1. The zero-order chi connectivity index (χ0) is 22.0. The van der Waals surface area contributed by atoms with Crippen LogP contribution in [0.5, 0.6) is 5.75 Å². The molecule has 0 bridgehead atoms. The van der Waals surface area contributed by atoms with E-state index >= 15 is 0 Å². The highest BCUT2D eigenvalue weighted by atomic mass is 32.2. The Kier molecular flexibility index (Phi) is 5.79. The Balaban J connectivity index is 1.65. The number of anilines is 1. The Morgan fingerprint density at radius 2 is 1.90 bits per heavy atom. The second-order valence-electron chi connectivity index (χ2n) is 6.85. The van der Waals surface area contributed by atoms with E-state index in [1.165, 1.54) is 35.7 Å². The lowest BCUT2D eigenvalue weighted by molar-refractivity contribution is 0.104. The third kappa shape index (κ3) is 4.19. The van der Waals surface area contributed by atoms with Crippen LogP contribution in [0, 0.1) is 5.82 Å². The van der Waals surface area contributed by atoms with Crippen LogP contribution in [0.4, 0.5) is 10.1 Å². The summed E-state index contributed by atoms with van der Waals surface area (Å²) in [5.74, 6) is -0.333. The monoisotopic (exact) mass is 458 g/mol. The molecule has 0 atom stereocenters. The van der Waals surface area contributed by atoms with Gasteiger partial charge in [0.05, 0.1) is 19.3 Å². The quantitative estimate of drug-likeness (QED) is 0.564. The molecule has 2 heterocycles. The molecular weight excluding hydrogens is 439 g/mol. The Morgan fingerprint density at radius 1 is 1.13 bits per heavy atom. The molecule has 2 aromatic carbocycles. The van der Waals surface area contributed by atoms with Crippen LogP contribution in [-0.2, 0) is 23.1 Å². The van der Waals surface area contributed by atoms with Crippen LogP contribution in [0.15, 0.2) is 71.1 Å². The third-order valence-corrected chi connectivity index (χ3v) is 7.47. The van der Waals surface area contributed by atoms with Crippen LogP contribution in [0.2, 0.25) is 0 Å². The van der Waals surface area contributed by atoms with Crippen molar-refractivity contribution in [1.29, 1.82) is 0 Å². The lowest BCUT2D eigenvalue weighted by Crippen LogP contribution is -2.38. The second kappa shape index (κ2) is 8.52. The van der Waals surface area contributed by atoms with E-state index in [4.69, 9.17) is 4.74 Å². The molecule has 1 aliphatic rings. The number of ketones is 1. The summed E-state index contributed by atoms with van der Waals surface area (Å²) in [5, 5.41) is 4.60. The summed E-state index contributed by atoms with van der Waals surface area (Å²) in [6.45, 7) is 0.231. The molecule has 9 heteroatoms. The summed E-state index contributed by atoms with van der Waals surface area (Å²) < 4.78 is 46.6. The number of halogens is 1. The lowest BCUT2D eigenvalue weighted by Gasteiger charge is -2.29. The van der Waals surface area contributed by atoms with Gasteiger partial charge in [0.15, 0.2) is 4.91 Å². The smallest absolute Gasteiger partial charge is 0.270 e. The number of methoxy groups -OCH3 is 1. The number of Topliss-reactive ketones (excluding diaryl/α,β-unsaturated/α-hetero) is 1. The molecule has 0 fully saturated rings. The summed E-state index contributed by atoms with van der Waals surface area (Å²) in [6, 6.07) is 14.6. The predicted octanol–water partition coefficient (Wildman–Crippen LogP) is 4.06. The third-order valence-electron chi connectivity index (χ3n) is 4.80. The van der Waals surface area contributed by atoms with Crippen molar-refractivity contribution in [3.05, 3.63) is 92.9 Å². The molecular formula is C22H19FN2O4S2. The SMILES string of the molecule is COc1cccc(CN/C=C2/C(=O)c3sccc3N(Cc3cccc(F)c3)S2(=O)=O)c1. The van der Waals surface area contributed by atoms with Crippen molar-refractivity contribution in [2.24, 2.45) is 0 Å². The number of hydrogen-bond acceptors (Lipinski definition) is 6. The van der Waals surface area contributed by atoms with Gasteiger partial charge in [-0.1, -0.05) is 24.3 Å². The average molecular weight is 459 g/mol. The van der Waals surface area contributed by atoms with Gasteiger partial charge in [-0.3, -0.25) is 9.10 Å². The summed E-state index contributed by atoms with van der Waals surface area (Å²) in [5.41, 5.74) is 1.66. The van der Waals surface area contributed by atoms with Crippen molar-refractivity contribution >= 4 is 32.8 Å². The van der Waals surface area contributed by atoms with Gasteiger partial charge < -0.3 is 10.1 Å². The van der Waals surface area contributed by atoms with E-state index < -0.39 is 21.6 Å². The topological polar surface area (TPSA) is 75.7 Å². The number of carbonyl (C=O) groups is 1. The van der Waals surface area contributed by atoms with Gasteiger partial charge >= 0.3 is 0 Å².